The molecule has 0 bridgehead atoms. The van der Waals surface area contributed by atoms with Crippen LogP contribution in [-0.2, 0) is 14.8 Å². The lowest BCUT2D eigenvalue weighted by Crippen LogP contribution is -2.40. The molecule has 1 saturated heterocycles. The van der Waals surface area contributed by atoms with E-state index in [-0.39, 0.29) is 40.5 Å². The van der Waals surface area contributed by atoms with Crippen molar-refractivity contribution in [3.63, 3.8) is 0 Å². The molecule has 182 valence electrons. The third-order valence-corrected chi connectivity index (χ3v) is 8.52. The van der Waals surface area contributed by atoms with Crippen molar-refractivity contribution >= 4 is 39.1 Å². The van der Waals surface area contributed by atoms with Gasteiger partial charge in [-0.25, -0.2) is 8.42 Å². The molecule has 4 rings (SSSR count). The standard InChI is InChI=1S/C24H28ClN3O5S/c25-20-11-10-17(16-22(20)34(31,32)28-12-14-33-15-13-28)23(29)27-21-9-5-4-8-19(21)24(30)26-18-6-2-1-3-7-18/h4-5,8-11,16,18H,1-3,6-7,12-15H2,(H,26,30)(H,27,29). The van der Waals surface area contributed by atoms with Crippen molar-refractivity contribution in [2.75, 3.05) is 31.6 Å². The molecule has 2 aromatic rings. The number of anilines is 1. The Bertz CT molecular complexity index is 1160. The molecule has 0 spiro atoms. The second-order valence-corrected chi connectivity index (χ2v) is 10.8. The smallest absolute Gasteiger partial charge is 0.255 e. The number of hydrogen-bond acceptors (Lipinski definition) is 5. The lowest BCUT2D eigenvalue weighted by Gasteiger charge is -2.26. The average Bonchev–Trinajstić information content (AvgIpc) is 2.85. The zero-order valence-electron chi connectivity index (χ0n) is 18.8. The van der Waals surface area contributed by atoms with Gasteiger partial charge >= 0.3 is 0 Å². The minimum atomic E-state index is -3.88. The van der Waals surface area contributed by atoms with Crippen molar-refractivity contribution in [1.82, 2.24) is 9.62 Å². The molecule has 0 aromatic heterocycles. The van der Waals surface area contributed by atoms with Crippen LogP contribution >= 0.6 is 11.6 Å². The first-order valence-electron chi connectivity index (χ1n) is 11.4. The first kappa shape index (κ1) is 24.7. The lowest BCUT2D eigenvalue weighted by atomic mass is 9.95. The molecule has 2 N–H and O–H groups in total. The molecule has 8 nitrogen and oxygen atoms in total. The number of halogens is 1. The third kappa shape index (κ3) is 5.60. The van der Waals surface area contributed by atoms with Gasteiger partial charge in [0.05, 0.1) is 29.5 Å². The summed E-state index contributed by atoms with van der Waals surface area (Å²) in [7, 11) is -3.88. The fourth-order valence-electron chi connectivity index (χ4n) is 4.26. The fraction of sp³-hybridized carbons (Fsp3) is 0.417. The summed E-state index contributed by atoms with van der Waals surface area (Å²) in [4.78, 5) is 25.8. The van der Waals surface area contributed by atoms with Crippen molar-refractivity contribution in [1.29, 1.82) is 0 Å². The summed E-state index contributed by atoms with van der Waals surface area (Å²) in [5.74, 6) is -0.775. The van der Waals surface area contributed by atoms with Gasteiger partial charge in [-0.2, -0.15) is 4.31 Å². The van der Waals surface area contributed by atoms with E-state index in [9.17, 15) is 18.0 Å². The predicted molar refractivity (Wildman–Crippen MR) is 130 cm³/mol. The van der Waals surface area contributed by atoms with Crippen LogP contribution in [0.1, 0.15) is 52.8 Å². The largest absolute Gasteiger partial charge is 0.379 e. The van der Waals surface area contributed by atoms with E-state index in [1.165, 1.54) is 28.9 Å². The Hall–Kier alpha value is -2.46. The first-order chi connectivity index (χ1) is 16.4. The number of hydrogen-bond donors (Lipinski definition) is 2. The van der Waals surface area contributed by atoms with Crippen LogP contribution in [-0.4, -0.2) is 56.9 Å². The molecule has 0 radical (unpaired) electrons. The number of para-hydroxylation sites is 1. The number of ether oxygens (including phenoxy) is 1. The zero-order valence-corrected chi connectivity index (χ0v) is 20.3. The zero-order chi connectivity index (χ0) is 24.1. The Morgan fingerprint density at radius 1 is 0.971 bits per heavy atom. The highest BCUT2D eigenvalue weighted by molar-refractivity contribution is 7.89. The van der Waals surface area contributed by atoms with Gasteiger partial charge in [-0.3, -0.25) is 9.59 Å². The fourth-order valence-corrected chi connectivity index (χ4v) is 6.17. The molecule has 10 heteroatoms. The van der Waals surface area contributed by atoms with E-state index in [2.05, 4.69) is 10.6 Å². The maximum atomic E-state index is 13.1. The van der Waals surface area contributed by atoms with E-state index < -0.39 is 15.9 Å². The molecule has 2 aliphatic rings. The van der Waals surface area contributed by atoms with E-state index in [4.69, 9.17) is 16.3 Å². The predicted octanol–water partition coefficient (Wildman–Crippen LogP) is 3.68. The maximum absolute atomic E-state index is 13.1. The van der Waals surface area contributed by atoms with Gasteiger partial charge in [-0.1, -0.05) is 43.0 Å². The second kappa shape index (κ2) is 10.9. The lowest BCUT2D eigenvalue weighted by molar-refractivity contribution is 0.0730. The highest BCUT2D eigenvalue weighted by Gasteiger charge is 2.29. The van der Waals surface area contributed by atoms with Crippen LogP contribution in [0.25, 0.3) is 0 Å². The maximum Gasteiger partial charge on any atom is 0.255 e. The van der Waals surface area contributed by atoms with E-state index in [0.29, 0.717) is 24.5 Å². The number of sulfonamides is 1. The van der Waals surface area contributed by atoms with Crippen LogP contribution in [0, 0.1) is 0 Å². The Kier molecular flexibility index (Phi) is 7.88. The van der Waals surface area contributed by atoms with Crippen LogP contribution in [0.2, 0.25) is 5.02 Å². The number of morpholine rings is 1. The van der Waals surface area contributed by atoms with Gasteiger partial charge in [0.1, 0.15) is 4.90 Å². The van der Waals surface area contributed by atoms with Gasteiger partial charge in [-0.05, 0) is 43.2 Å². The van der Waals surface area contributed by atoms with Crippen molar-refractivity contribution in [2.24, 2.45) is 0 Å². The summed E-state index contributed by atoms with van der Waals surface area (Å²) in [5.41, 5.74) is 0.837. The minimum Gasteiger partial charge on any atom is -0.379 e. The molecule has 1 aliphatic carbocycles. The molecule has 0 atom stereocenters. The number of nitrogens with zero attached hydrogens (tertiary/aromatic N) is 1. The summed E-state index contributed by atoms with van der Waals surface area (Å²) in [6.45, 7) is 1.05. The topological polar surface area (TPSA) is 105 Å². The summed E-state index contributed by atoms with van der Waals surface area (Å²) in [6.07, 6.45) is 5.27. The summed E-state index contributed by atoms with van der Waals surface area (Å²) in [6, 6.07) is 11.0. The van der Waals surface area contributed by atoms with E-state index in [0.717, 1.165) is 25.7 Å². The minimum absolute atomic E-state index is 0.0373. The van der Waals surface area contributed by atoms with Gasteiger partial charge < -0.3 is 15.4 Å². The molecule has 34 heavy (non-hydrogen) atoms. The molecule has 2 aromatic carbocycles. The van der Waals surface area contributed by atoms with Gasteiger partial charge in [0, 0.05) is 24.7 Å². The second-order valence-electron chi connectivity index (χ2n) is 8.47. The highest BCUT2D eigenvalue weighted by Crippen LogP contribution is 2.27. The van der Waals surface area contributed by atoms with E-state index >= 15 is 0 Å². The molecular formula is C24H28ClN3O5S. The number of nitrogens with one attached hydrogen (secondary N) is 2. The number of carbonyl (C=O) groups excluding carboxylic acids is 2. The third-order valence-electron chi connectivity index (χ3n) is 6.14. The van der Waals surface area contributed by atoms with Gasteiger partial charge in [-0.15, -0.1) is 0 Å². The van der Waals surface area contributed by atoms with Crippen LogP contribution in [0.3, 0.4) is 0 Å². The quantitative estimate of drug-likeness (QED) is 0.623. The molecule has 1 aliphatic heterocycles. The van der Waals surface area contributed by atoms with Crippen molar-refractivity contribution in [2.45, 2.75) is 43.0 Å². The van der Waals surface area contributed by atoms with Crippen LogP contribution in [0.15, 0.2) is 47.4 Å². The molecule has 2 fully saturated rings. The Balaban J connectivity index is 1.53. The monoisotopic (exact) mass is 505 g/mol. The molecule has 2 amide bonds. The van der Waals surface area contributed by atoms with Gasteiger partial charge in [0.15, 0.2) is 0 Å². The molecule has 1 heterocycles. The summed E-state index contributed by atoms with van der Waals surface area (Å²) < 4.78 is 32.7. The van der Waals surface area contributed by atoms with Crippen LogP contribution in [0.5, 0.6) is 0 Å². The first-order valence-corrected chi connectivity index (χ1v) is 13.3. The van der Waals surface area contributed by atoms with E-state index in [1.54, 1.807) is 24.3 Å². The normalized spacial score (nSPS) is 17.8. The summed E-state index contributed by atoms with van der Waals surface area (Å²) >= 11 is 6.20. The van der Waals surface area contributed by atoms with Crippen molar-refractivity contribution < 1.29 is 22.7 Å². The van der Waals surface area contributed by atoms with Crippen LogP contribution in [0.4, 0.5) is 5.69 Å². The van der Waals surface area contributed by atoms with Gasteiger partial charge in [0.25, 0.3) is 11.8 Å². The number of rotatable bonds is 6. The average molecular weight is 506 g/mol. The SMILES string of the molecule is O=C(Nc1ccccc1C(=O)NC1CCCCC1)c1ccc(Cl)c(S(=O)(=O)N2CCOCC2)c1. The molecular weight excluding hydrogens is 478 g/mol. The van der Waals surface area contributed by atoms with Crippen LogP contribution < -0.4 is 10.6 Å². The number of benzene rings is 2. The molecule has 1 saturated carbocycles. The molecule has 0 unspecified atom stereocenters. The summed E-state index contributed by atoms with van der Waals surface area (Å²) in [5, 5.41) is 5.85. The Morgan fingerprint density at radius 2 is 1.68 bits per heavy atom. The van der Waals surface area contributed by atoms with Crippen molar-refractivity contribution in [3.05, 3.63) is 58.6 Å². The number of carbonyl (C=O) groups is 2. The number of amides is 2. The van der Waals surface area contributed by atoms with Crippen molar-refractivity contribution in [3.8, 4) is 0 Å². The Labute approximate surface area is 204 Å². The van der Waals surface area contributed by atoms with E-state index in [1.807, 2.05) is 0 Å². The highest BCUT2D eigenvalue weighted by atomic mass is 35.5. The van der Waals surface area contributed by atoms with Gasteiger partial charge in [0.2, 0.25) is 10.0 Å². The Morgan fingerprint density at radius 3 is 2.41 bits per heavy atom.